The molecule has 0 amide bonds. The molecule has 0 saturated heterocycles. The zero-order valence-corrected chi connectivity index (χ0v) is 19.1. The summed E-state index contributed by atoms with van der Waals surface area (Å²) >= 11 is 0. The van der Waals surface area contributed by atoms with Gasteiger partial charge in [0.25, 0.3) is 0 Å². The fourth-order valence-corrected chi connectivity index (χ4v) is 4.25. The molecule has 0 radical (unpaired) electrons. The van der Waals surface area contributed by atoms with Crippen LogP contribution in [0.1, 0.15) is 18.5 Å². The van der Waals surface area contributed by atoms with Crippen LogP contribution in [0.4, 0.5) is 8.78 Å². The minimum absolute atomic E-state index is 0.101. The lowest BCUT2D eigenvalue weighted by Crippen LogP contribution is -2.11. The number of halogens is 2. The number of aryl methyl sites for hydroxylation is 2. The molecule has 5 aromatic heterocycles. The monoisotopic (exact) mass is 471 g/mol. The molecule has 174 valence electrons. The van der Waals surface area contributed by atoms with E-state index < -0.39 is 17.7 Å². The van der Waals surface area contributed by atoms with Gasteiger partial charge in [-0.3, -0.25) is 14.3 Å². The number of rotatable bonds is 4. The number of benzene rings is 1. The number of aromatic nitrogens is 9. The van der Waals surface area contributed by atoms with E-state index in [1.807, 2.05) is 19.4 Å². The molecule has 0 aliphatic heterocycles. The molecular formula is C24H19F2N9. The minimum Gasteiger partial charge on any atom is -0.306 e. The van der Waals surface area contributed by atoms with E-state index in [-0.39, 0.29) is 16.5 Å². The molecule has 1 unspecified atom stereocenters. The van der Waals surface area contributed by atoms with Crippen molar-refractivity contribution in [2.75, 3.05) is 0 Å². The second-order valence-corrected chi connectivity index (χ2v) is 8.41. The summed E-state index contributed by atoms with van der Waals surface area (Å²) in [6.45, 7) is 1.70. The van der Waals surface area contributed by atoms with Gasteiger partial charge < -0.3 is 4.57 Å². The van der Waals surface area contributed by atoms with Crippen LogP contribution in [0.5, 0.6) is 0 Å². The van der Waals surface area contributed by atoms with Gasteiger partial charge in [0.2, 0.25) is 0 Å². The average molecular weight is 471 g/mol. The molecule has 0 aliphatic carbocycles. The largest absolute Gasteiger partial charge is 0.306 e. The Morgan fingerprint density at radius 1 is 0.829 bits per heavy atom. The van der Waals surface area contributed by atoms with E-state index in [9.17, 15) is 0 Å². The highest BCUT2D eigenvalue weighted by atomic mass is 19.1. The van der Waals surface area contributed by atoms with Crippen LogP contribution in [0.15, 0.2) is 55.6 Å². The quantitative estimate of drug-likeness (QED) is 0.385. The van der Waals surface area contributed by atoms with Crippen molar-refractivity contribution in [3.05, 3.63) is 72.8 Å². The number of pyridine rings is 1. The highest BCUT2D eigenvalue weighted by Crippen LogP contribution is 2.33. The highest BCUT2D eigenvalue weighted by Gasteiger charge is 2.24. The van der Waals surface area contributed by atoms with Gasteiger partial charge in [-0.15, -0.1) is 0 Å². The van der Waals surface area contributed by atoms with Crippen LogP contribution in [0.2, 0.25) is 0 Å². The van der Waals surface area contributed by atoms with E-state index >= 15 is 8.78 Å². The molecule has 6 rings (SSSR count). The van der Waals surface area contributed by atoms with Crippen molar-refractivity contribution >= 4 is 22.2 Å². The molecule has 9 nitrogen and oxygen atoms in total. The van der Waals surface area contributed by atoms with E-state index in [1.54, 1.807) is 58.8 Å². The zero-order chi connectivity index (χ0) is 24.3. The van der Waals surface area contributed by atoms with Gasteiger partial charge in [-0.2, -0.15) is 10.2 Å². The van der Waals surface area contributed by atoms with E-state index in [1.165, 1.54) is 12.4 Å². The molecule has 5 heterocycles. The Bertz CT molecular complexity index is 1730. The molecule has 11 heteroatoms. The highest BCUT2D eigenvalue weighted by molar-refractivity contribution is 5.85. The predicted molar refractivity (Wildman–Crippen MR) is 125 cm³/mol. The summed E-state index contributed by atoms with van der Waals surface area (Å²) in [6.07, 6.45) is 11.7. The maximum absolute atomic E-state index is 15.8. The Balaban J connectivity index is 1.48. The van der Waals surface area contributed by atoms with Gasteiger partial charge in [0.1, 0.15) is 11.6 Å². The summed E-state index contributed by atoms with van der Waals surface area (Å²) in [7, 11) is 3.60. The molecule has 1 atom stereocenters. The predicted octanol–water partition coefficient (Wildman–Crippen LogP) is 4.06. The maximum Gasteiger partial charge on any atom is 0.197 e. The standard InChI is InChI=1S/C24H19F2N9/c1-13(35-12-29-23-24(35)32-20(9-28-23)16-8-31-34(3)11-16)21-18(25)5-19-17(22(21)26)4-14(6-27-19)15-7-30-33(2)10-15/h4-13H,1-3H3. The van der Waals surface area contributed by atoms with Gasteiger partial charge in [-0.1, -0.05) is 0 Å². The Morgan fingerprint density at radius 3 is 2.29 bits per heavy atom. The summed E-state index contributed by atoms with van der Waals surface area (Å²) in [4.78, 5) is 17.6. The van der Waals surface area contributed by atoms with Crippen molar-refractivity contribution < 1.29 is 8.78 Å². The second kappa shape index (κ2) is 7.76. The number of hydrogen-bond donors (Lipinski definition) is 0. The summed E-state index contributed by atoms with van der Waals surface area (Å²) in [6, 6.07) is 2.17. The van der Waals surface area contributed by atoms with Gasteiger partial charge in [0, 0.05) is 66.4 Å². The van der Waals surface area contributed by atoms with Crippen molar-refractivity contribution in [3.63, 3.8) is 0 Å². The molecule has 6 aromatic rings. The fourth-order valence-electron chi connectivity index (χ4n) is 4.25. The molecule has 0 saturated carbocycles. The smallest absolute Gasteiger partial charge is 0.197 e. The average Bonchev–Trinajstić information content (AvgIpc) is 3.58. The molecule has 35 heavy (non-hydrogen) atoms. The van der Waals surface area contributed by atoms with Crippen molar-refractivity contribution in [2.24, 2.45) is 14.1 Å². The van der Waals surface area contributed by atoms with Crippen LogP contribution < -0.4 is 0 Å². The molecule has 0 spiro atoms. The lowest BCUT2D eigenvalue weighted by Gasteiger charge is -2.17. The first kappa shape index (κ1) is 21.0. The molecule has 0 bridgehead atoms. The molecular weight excluding hydrogens is 452 g/mol. The SMILES string of the molecule is CC(c1c(F)cc2ncc(-c3cnn(C)c3)cc2c1F)n1cnc2ncc(-c3cnn(C)c3)nc21. The van der Waals surface area contributed by atoms with E-state index in [4.69, 9.17) is 0 Å². The number of imidazole rings is 1. The third kappa shape index (κ3) is 3.43. The van der Waals surface area contributed by atoms with Crippen molar-refractivity contribution in [1.29, 1.82) is 0 Å². The normalized spacial score (nSPS) is 12.6. The number of hydrogen-bond acceptors (Lipinski definition) is 6. The zero-order valence-electron chi connectivity index (χ0n) is 19.1. The second-order valence-electron chi connectivity index (χ2n) is 8.41. The lowest BCUT2D eigenvalue weighted by molar-refractivity contribution is 0.517. The molecule has 0 fully saturated rings. The van der Waals surface area contributed by atoms with Gasteiger partial charge in [0.05, 0.1) is 42.2 Å². The van der Waals surface area contributed by atoms with Crippen molar-refractivity contribution in [2.45, 2.75) is 13.0 Å². The number of nitrogens with zero attached hydrogens (tertiary/aromatic N) is 9. The molecule has 0 N–H and O–H groups in total. The van der Waals surface area contributed by atoms with Crippen LogP contribution in [0, 0.1) is 11.6 Å². The molecule has 1 aromatic carbocycles. The summed E-state index contributed by atoms with van der Waals surface area (Å²) in [5, 5.41) is 8.54. The Hall–Kier alpha value is -4.54. The first-order valence-electron chi connectivity index (χ1n) is 10.8. The van der Waals surface area contributed by atoms with Gasteiger partial charge in [-0.25, -0.2) is 23.7 Å². The first-order chi connectivity index (χ1) is 16.9. The Kier molecular flexibility index (Phi) is 4.66. The summed E-state index contributed by atoms with van der Waals surface area (Å²) in [5.41, 5.74) is 3.78. The fraction of sp³-hybridized carbons (Fsp3) is 0.167. The van der Waals surface area contributed by atoms with E-state index in [0.717, 1.165) is 11.1 Å². The van der Waals surface area contributed by atoms with Gasteiger partial charge >= 0.3 is 0 Å². The van der Waals surface area contributed by atoms with Gasteiger partial charge in [-0.05, 0) is 13.0 Å². The van der Waals surface area contributed by atoms with Crippen LogP contribution >= 0.6 is 0 Å². The summed E-state index contributed by atoms with van der Waals surface area (Å²) in [5.74, 6) is -1.37. The minimum atomic E-state index is -0.745. The van der Waals surface area contributed by atoms with Crippen LogP contribution in [0.25, 0.3) is 44.6 Å². The van der Waals surface area contributed by atoms with E-state index in [2.05, 4.69) is 30.1 Å². The molecule has 0 aliphatic rings. The van der Waals surface area contributed by atoms with Gasteiger partial charge in [0.15, 0.2) is 11.3 Å². The van der Waals surface area contributed by atoms with Crippen LogP contribution in [-0.2, 0) is 14.1 Å². The summed E-state index contributed by atoms with van der Waals surface area (Å²) < 4.78 is 36.0. The third-order valence-electron chi connectivity index (χ3n) is 6.07. The third-order valence-corrected chi connectivity index (χ3v) is 6.07. The first-order valence-corrected chi connectivity index (χ1v) is 10.8. The maximum atomic E-state index is 15.8. The topological polar surface area (TPSA) is 92.1 Å². The van der Waals surface area contributed by atoms with Crippen LogP contribution in [-0.4, -0.2) is 44.1 Å². The Morgan fingerprint density at radius 2 is 1.57 bits per heavy atom. The number of fused-ring (bicyclic) bond motifs is 2. The van der Waals surface area contributed by atoms with Crippen molar-refractivity contribution in [1.82, 2.24) is 44.1 Å². The van der Waals surface area contributed by atoms with Crippen LogP contribution in [0.3, 0.4) is 0 Å². The lowest BCUT2D eigenvalue weighted by atomic mass is 10.0. The van der Waals surface area contributed by atoms with Crippen molar-refractivity contribution in [3.8, 4) is 22.4 Å². The Labute approximate surface area is 197 Å². The van der Waals surface area contributed by atoms with E-state index in [0.29, 0.717) is 22.6 Å².